The molecule has 8 aliphatic rings. The third-order valence-corrected chi connectivity index (χ3v) is 19.3. The highest BCUT2D eigenvalue weighted by molar-refractivity contribution is 5.79. The molecular weight excluding hydrogens is 836 g/mol. The average Bonchev–Trinajstić information content (AvgIpc) is 3.24. The van der Waals surface area contributed by atoms with Gasteiger partial charge in [-0.3, -0.25) is 4.79 Å². The summed E-state index contributed by atoms with van der Waals surface area (Å²) in [6.45, 7) is 14.2. The van der Waals surface area contributed by atoms with Gasteiger partial charge >= 0.3 is 5.97 Å². The van der Waals surface area contributed by atoms with E-state index in [-0.39, 0.29) is 58.5 Å². The number of fused-ring (bicyclic) bond motifs is 7. The lowest BCUT2D eigenvalue weighted by Gasteiger charge is -2.72. The van der Waals surface area contributed by atoms with Gasteiger partial charge in [0, 0.05) is 12.3 Å². The average molecular weight is 913 g/mol. The molecule has 64 heavy (non-hydrogen) atoms. The normalized spacial score (nSPS) is 54.9. The number of hydrogen-bond acceptors (Lipinski definition) is 17. The molecule has 5 aliphatic carbocycles. The van der Waals surface area contributed by atoms with Crippen LogP contribution in [0.3, 0.4) is 0 Å². The monoisotopic (exact) mass is 913 g/mol. The predicted molar refractivity (Wildman–Crippen MR) is 224 cm³/mol. The van der Waals surface area contributed by atoms with Crippen molar-refractivity contribution in [3.05, 3.63) is 11.6 Å². The Balaban J connectivity index is 1.01. The highest BCUT2D eigenvalue weighted by Gasteiger charge is 2.72. The maximum atomic E-state index is 14.7. The standard InChI is InChI=1S/C47H76O17/c1-22-10-15-47(41(57)64-40-37(56)35(54)33(52)27(20-49)62-40)17-16-44(5)23(38(47)46(22,7)58)8-9-29-43(4)13-12-30(42(2,3)28(43)11-14-45(29,44)6)63-31-18-25(24(50)21-59-31)60-39-36(55)34(53)32(51)26(19-48)61-39/h8,22,24-40,48-56,58H,9-21H2,1-7H3. The first-order valence-electron chi connectivity index (χ1n) is 23.8. The molecule has 7 fully saturated rings. The van der Waals surface area contributed by atoms with E-state index in [2.05, 4.69) is 40.7 Å². The fraction of sp³-hybridized carbons (Fsp3) is 0.936. The maximum absolute atomic E-state index is 14.7. The molecular formula is C47H76O17. The van der Waals surface area contributed by atoms with Crippen molar-refractivity contribution >= 4 is 5.97 Å². The molecule has 0 aromatic carbocycles. The number of aliphatic hydroxyl groups excluding tert-OH is 9. The van der Waals surface area contributed by atoms with E-state index in [1.54, 1.807) is 0 Å². The van der Waals surface area contributed by atoms with E-state index in [0.29, 0.717) is 25.7 Å². The Kier molecular flexibility index (Phi) is 13.2. The molecule has 0 bridgehead atoms. The van der Waals surface area contributed by atoms with Crippen LogP contribution in [0.25, 0.3) is 0 Å². The number of aliphatic hydroxyl groups is 10. The van der Waals surface area contributed by atoms with Crippen LogP contribution in [0.15, 0.2) is 11.6 Å². The van der Waals surface area contributed by atoms with E-state index < -0.39 is 116 Å². The lowest BCUT2D eigenvalue weighted by atomic mass is 9.33. The van der Waals surface area contributed by atoms with E-state index in [4.69, 9.17) is 28.4 Å². The molecule has 17 nitrogen and oxygen atoms in total. The Morgan fingerprint density at radius 3 is 2.00 bits per heavy atom. The van der Waals surface area contributed by atoms with E-state index in [1.165, 1.54) is 0 Å². The van der Waals surface area contributed by atoms with Crippen LogP contribution in [-0.4, -0.2) is 168 Å². The first kappa shape index (κ1) is 49.0. The first-order chi connectivity index (χ1) is 29.9. The molecule has 10 N–H and O–H groups in total. The van der Waals surface area contributed by atoms with Crippen molar-refractivity contribution in [2.24, 2.45) is 50.7 Å². The SMILES string of the molecule is CC1CCC2(C(=O)OC3OC(CO)C(O)C(O)C3O)CCC3(C)C(=CCC4C5(C)CCC(OC6CC(OC7OC(CO)C(O)C(O)C7O)C(O)CO6)C(C)(C)C5CCC43C)C2C1(C)O. The van der Waals surface area contributed by atoms with Gasteiger partial charge in [-0.05, 0) is 104 Å². The summed E-state index contributed by atoms with van der Waals surface area (Å²) in [6.07, 6.45) is -9.24. The summed E-state index contributed by atoms with van der Waals surface area (Å²) in [5, 5.41) is 106. The second-order valence-electron chi connectivity index (χ2n) is 22.6. The summed E-state index contributed by atoms with van der Waals surface area (Å²) < 4.78 is 35.9. The third kappa shape index (κ3) is 7.40. The highest BCUT2D eigenvalue weighted by Crippen LogP contribution is 2.76. The molecule has 0 aromatic rings. The van der Waals surface area contributed by atoms with Gasteiger partial charge in [0.15, 0.2) is 12.6 Å². The Morgan fingerprint density at radius 2 is 1.36 bits per heavy atom. The second-order valence-corrected chi connectivity index (χ2v) is 22.6. The Morgan fingerprint density at radius 1 is 0.734 bits per heavy atom. The van der Waals surface area contributed by atoms with Crippen LogP contribution in [0.2, 0.25) is 0 Å². The fourth-order valence-corrected chi connectivity index (χ4v) is 15.0. The fourth-order valence-electron chi connectivity index (χ4n) is 15.0. The maximum Gasteiger partial charge on any atom is 0.315 e. The minimum absolute atomic E-state index is 0.0891. The molecule has 23 unspecified atom stereocenters. The van der Waals surface area contributed by atoms with Gasteiger partial charge in [0.1, 0.15) is 54.9 Å². The number of rotatable bonds is 8. The quantitative estimate of drug-likeness (QED) is 0.0916. The Bertz CT molecular complexity index is 1740. The van der Waals surface area contributed by atoms with E-state index in [1.807, 2.05) is 13.8 Å². The largest absolute Gasteiger partial charge is 0.432 e. The van der Waals surface area contributed by atoms with Crippen LogP contribution in [-0.2, 0) is 33.2 Å². The van der Waals surface area contributed by atoms with Crippen LogP contribution >= 0.6 is 0 Å². The molecule has 4 saturated carbocycles. The molecule has 0 spiro atoms. The Labute approximate surface area is 376 Å². The number of esters is 1. The topological polar surface area (TPSA) is 275 Å². The molecule has 366 valence electrons. The van der Waals surface area contributed by atoms with Crippen molar-refractivity contribution in [2.45, 2.75) is 204 Å². The first-order valence-corrected chi connectivity index (χ1v) is 23.8. The van der Waals surface area contributed by atoms with Crippen molar-refractivity contribution in [2.75, 3.05) is 19.8 Å². The molecule has 23 atom stereocenters. The lowest BCUT2D eigenvalue weighted by molar-refractivity contribution is -0.336. The van der Waals surface area contributed by atoms with Gasteiger partial charge in [-0.15, -0.1) is 0 Å². The minimum Gasteiger partial charge on any atom is -0.432 e. The van der Waals surface area contributed by atoms with Crippen LogP contribution in [0.5, 0.6) is 0 Å². The molecule has 3 aliphatic heterocycles. The van der Waals surface area contributed by atoms with Crippen LogP contribution in [0.4, 0.5) is 0 Å². The Hall–Kier alpha value is -1.39. The van der Waals surface area contributed by atoms with Gasteiger partial charge in [0.05, 0.1) is 43.0 Å². The van der Waals surface area contributed by atoms with Crippen LogP contribution in [0, 0.1) is 50.7 Å². The summed E-state index contributed by atoms with van der Waals surface area (Å²) in [5.74, 6) is -0.811. The zero-order valence-corrected chi connectivity index (χ0v) is 38.5. The van der Waals surface area contributed by atoms with Crippen molar-refractivity contribution in [3.8, 4) is 0 Å². The van der Waals surface area contributed by atoms with Crippen molar-refractivity contribution in [1.82, 2.24) is 0 Å². The highest BCUT2D eigenvalue weighted by atomic mass is 16.7. The van der Waals surface area contributed by atoms with Gasteiger partial charge in [-0.1, -0.05) is 53.2 Å². The summed E-state index contributed by atoms with van der Waals surface area (Å²) in [6, 6.07) is 0. The zero-order chi connectivity index (χ0) is 46.7. The minimum atomic E-state index is -1.73. The summed E-state index contributed by atoms with van der Waals surface area (Å²) >= 11 is 0. The van der Waals surface area contributed by atoms with Crippen molar-refractivity contribution in [3.63, 3.8) is 0 Å². The lowest BCUT2D eigenvalue weighted by Crippen LogP contribution is -2.68. The number of carbonyl (C=O) groups is 1. The number of carbonyl (C=O) groups excluding carboxylic acids is 1. The second kappa shape index (κ2) is 17.2. The van der Waals surface area contributed by atoms with E-state index in [0.717, 1.165) is 37.7 Å². The number of ether oxygens (including phenoxy) is 6. The zero-order valence-electron chi connectivity index (χ0n) is 38.5. The summed E-state index contributed by atoms with van der Waals surface area (Å²) in [5.41, 5.74) is -2.32. The molecule has 3 saturated heterocycles. The van der Waals surface area contributed by atoms with Crippen LogP contribution in [0.1, 0.15) is 113 Å². The molecule has 8 rings (SSSR count). The van der Waals surface area contributed by atoms with Gasteiger partial charge in [-0.25, -0.2) is 0 Å². The molecule has 17 heteroatoms. The van der Waals surface area contributed by atoms with Crippen molar-refractivity contribution < 1.29 is 84.3 Å². The smallest absolute Gasteiger partial charge is 0.315 e. The number of hydrogen-bond donors (Lipinski definition) is 10. The predicted octanol–water partition coefficient (Wildman–Crippen LogP) is 0.780. The van der Waals surface area contributed by atoms with E-state index in [9.17, 15) is 55.9 Å². The van der Waals surface area contributed by atoms with Crippen LogP contribution < -0.4 is 0 Å². The van der Waals surface area contributed by atoms with E-state index >= 15 is 0 Å². The van der Waals surface area contributed by atoms with Gasteiger partial charge < -0.3 is 79.5 Å². The van der Waals surface area contributed by atoms with Crippen molar-refractivity contribution in [1.29, 1.82) is 0 Å². The summed E-state index contributed by atoms with van der Waals surface area (Å²) in [4.78, 5) is 14.7. The molecule has 0 amide bonds. The van der Waals surface area contributed by atoms with Gasteiger partial charge in [-0.2, -0.15) is 0 Å². The molecule has 3 heterocycles. The third-order valence-electron chi connectivity index (χ3n) is 19.3. The molecule has 0 radical (unpaired) electrons. The molecule has 0 aromatic heterocycles. The summed E-state index contributed by atoms with van der Waals surface area (Å²) in [7, 11) is 0. The van der Waals surface area contributed by atoms with Gasteiger partial charge in [0.2, 0.25) is 6.29 Å². The van der Waals surface area contributed by atoms with Gasteiger partial charge in [0.25, 0.3) is 0 Å². The number of allylic oxidation sites excluding steroid dienone is 1.